The van der Waals surface area contributed by atoms with Gasteiger partial charge in [-0.15, -0.1) is 0 Å². The number of imidazole rings is 1. The summed E-state index contributed by atoms with van der Waals surface area (Å²) in [6, 6.07) is 7.93. The van der Waals surface area contributed by atoms with Crippen LogP contribution in [0.5, 0.6) is 0 Å². The van der Waals surface area contributed by atoms with Crippen LogP contribution in [0.4, 0.5) is 5.69 Å². The number of benzene rings is 2. The Hall–Kier alpha value is -2.81. The minimum Gasteiger partial charge on any atom is -0.380 e. The van der Waals surface area contributed by atoms with Gasteiger partial charge < -0.3 is 24.8 Å². The predicted octanol–water partition coefficient (Wildman–Crippen LogP) is 6.28. The number of halogens is 2. The van der Waals surface area contributed by atoms with Crippen LogP contribution in [0.15, 0.2) is 24.3 Å². The van der Waals surface area contributed by atoms with Crippen LogP contribution in [0.2, 0.25) is 10.0 Å². The molecule has 236 valence electrons. The molecule has 10 heteroatoms. The van der Waals surface area contributed by atoms with Crippen molar-refractivity contribution >= 4 is 51.7 Å². The first-order chi connectivity index (χ1) is 20.8. The molecule has 44 heavy (non-hydrogen) atoms. The lowest BCUT2D eigenvalue weighted by molar-refractivity contribution is -0.128. The van der Waals surface area contributed by atoms with Crippen molar-refractivity contribution in [2.75, 3.05) is 31.2 Å². The van der Waals surface area contributed by atoms with Crippen molar-refractivity contribution in [3.63, 3.8) is 0 Å². The van der Waals surface area contributed by atoms with Crippen molar-refractivity contribution in [1.29, 1.82) is 0 Å². The number of nitrogens with one attached hydrogen (secondary N) is 2. The summed E-state index contributed by atoms with van der Waals surface area (Å²) in [4.78, 5) is 33.5. The Labute approximate surface area is 269 Å². The van der Waals surface area contributed by atoms with Gasteiger partial charge in [0, 0.05) is 49.6 Å². The number of aryl methyl sites for hydroxylation is 1. The van der Waals surface area contributed by atoms with E-state index in [4.69, 9.17) is 32.9 Å². The molecule has 8 nitrogen and oxygen atoms in total. The summed E-state index contributed by atoms with van der Waals surface area (Å²) in [6.07, 6.45) is 4.73. The fraction of sp³-hybridized carbons (Fsp3) is 0.559. The molecule has 3 heterocycles. The summed E-state index contributed by atoms with van der Waals surface area (Å²) in [6.45, 7) is 11.6. The molecule has 0 atom stereocenters. The largest absolute Gasteiger partial charge is 0.380 e. The minimum absolute atomic E-state index is 0.0319. The number of ether oxygens (including phenoxy) is 1. The zero-order valence-corrected chi connectivity index (χ0v) is 27.9. The van der Waals surface area contributed by atoms with Gasteiger partial charge in [0.05, 0.1) is 45.9 Å². The Morgan fingerprint density at radius 2 is 1.80 bits per heavy atom. The number of rotatable bonds is 7. The molecule has 1 saturated carbocycles. The van der Waals surface area contributed by atoms with E-state index >= 15 is 0 Å². The number of hydrogen-bond acceptors (Lipinski definition) is 5. The molecular formula is C34H43Cl2N5O3. The highest BCUT2D eigenvalue weighted by atomic mass is 35.5. The Balaban J connectivity index is 1.29. The average molecular weight is 641 g/mol. The van der Waals surface area contributed by atoms with Gasteiger partial charge in [0.2, 0.25) is 5.91 Å². The van der Waals surface area contributed by atoms with E-state index in [-0.39, 0.29) is 23.3 Å². The minimum atomic E-state index is -0.499. The molecule has 0 bridgehead atoms. The average Bonchev–Trinajstić information content (AvgIpc) is 3.23. The maximum absolute atomic E-state index is 13.8. The highest BCUT2D eigenvalue weighted by Gasteiger charge is 2.49. The molecule has 2 N–H and O–H groups in total. The molecular weight excluding hydrogens is 597 g/mol. The molecule has 2 saturated heterocycles. The second kappa shape index (κ2) is 11.8. The zero-order chi connectivity index (χ0) is 31.4. The molecule has 3 aromatic rings. The number of amides is 2. The van der Waals surface area contributed by atoms with Crippen molar-refractivity contribution in [2.45, 2.75) is 72.4 Å². The van der Waals surface area contributed by atoms with Gasteiger partial charge in [-0.25, -0.2) is 4.98 Å². The van der Waals surface area contributed by atoms with E-state index < -0.39 is 5.41 Å². The van der Waals surface area contributed by atoms with Crippen molar-refractivity contribution < 1.29 is 14.3 Å². The number of carbonyl (C=O) groups is 2. The van der Waals surface area contributed by atoms with Crippen molar-refractivity contribution in [3.8, 4) is 0 Å². The SMILES string of the molecule is CC1CCC(NC(=O)c2cc3nc(Cc4c(Cl)ccc(CNC(=O)C(C)(C)C)c4Cl)n(C)c3cc2N2CC3(COC3)C2)CC1. The molecule has 3 aliphatic rings. The lowest BCUT2D eigenvalue weighted by Gasteiger charge is -2.56. The highest BCUT2D eigenvalue weighted by molar-refractivity contribution is 6.36. The lowest BCUT2D eigenvalue weighted by atomic mass is 9.77. The normalized spacial score (nSPS) is 21.2. The maximum Gasteiger partial charge on any atom is 0.253 e. The number of aromatic nitrogens is 2. The summed E-state index contributed by atoms with van der Waals surface area (Å²) >= 11 is 13.5. The highest BCUT2D eigenvalue weighted by Crippen LogP contribution is 2.42. The van der Waals surface area contributed by atoms with E-state index in [0.29, 0.717) is 34.5 Å². The van der Waals surface area contributed by atoms with E-state index in [1.165, 1.54) is 0 Å². The topological polar surface area (TPSA) is 88.5 Å². The predicted molar refractivity (Wildman–Crippen MR) is 176 cm³/mol. The van der Waals surface area contributed by atoms with Gasteiger partial charge in [-0.05, 0) is 60.9 Å². The number of carbonyl (C=O) groups excluding carboxylic acids is 2. The Morgan fingerprint density at radius 1 is 1.09 bits per heavy atom. The van der Waals surface area contributed by atoms with Gasteiger partial charge in [-0.2, -0.15) is 0 Å². The number of anilines is 1. The van der Waals surface area contributed by atoms with Crippen LogP contribution in [0.1, 0.15) is 80.7 Å². The summed E-state index contributed by atoms with van der Waals surface area (Å²) in [5.41, 5.74) is 4.59. The number of fused-ring (bicyclic) bond motifs is 1. The molecule has 3 fully saturated rings. The molecule has 6 rings (SSSR count). The van der Waals surface area contributed by atoms with E-state index in [0.717, 1.165) is 85.7 Å². The van der Waals surface area contributed by atoms with E-state index in [1.807, 2.05) is 46.0 Å². The number of nitrogens with zero attached hydrogens (tertiary/aromatic N) is 3. The Morgan fingerprint density at radius 3 is 2.43 bits per heavy atom. The van der Waals surface area contributed by atoms with Crippen LogP contribution in [0.25, 0.3) is 11.0 Å². The first-order valence-corrected chi connectivity index (χ1v) is 16.5. The molecule has 1 spiro atoms. The van der Waals surface area contributed by atoms with Gasteiger partial charge in [0.1, 0.15) is 5.82 Å². The standard InChI is InChI=1S/C34H43Cl2N5O3/c1-20-6-9-22(10-7-20)38-31(42)24-12-26-28(14-27(24)41-16-34(17-41)18-44-19-34)40(5)29(39-26)13-23-25(35)11-8-21(30(23)36)15-37-32(43)33(2,3)4/h8,11-12,14,20,22H,6-7,9-10,13,15-19H2,1-5H3,(H,37,43)(H,38,42). The Kier molecular flexibility index (Phi) is 8.39. The van der Waals surface area contributed by atoms with Gasteiger partial charge in [0.15, 0.2) is 0 Å². The van der Waals surface area contributed by atoms with Crippen LogP contribution in [0, 0.1) is 16.7 Å². The summed E-state index contributed by atoms with van der Waals surface area (Å²) in [5.74, 6) is 1.42. The summed E-state index contributed by atoms with van der Waals surface area (Å²) in [5, 5.41) is 7.38. The zero-order valence-electron chi connectivity index (χ0n) is 26.4. The smallest absolute Gasteiger partial charge is 0.253 e. The molecule has 2 amide bonds. The van der Waals surface area contributed by atoms with E-state index in [1.54, 1.807) is 0 Å². The van der Waals surface area contributed by atoms with Crippen molar-refractivity contribution in [2.24, 2.45) is 23.8 Å². The number of hydrogen-bond donors (Lipinski definition) is 2. The van der Waals surface area contributed by atoms with Gasteiger partial charge in [-0.1, -0.05) is 57.0 Å². The second-order valence-electron chi connectivity index (χ2n) is 14.3. The van der Waals surface area contributed by atoms with Crippen LogP contribution >= 0.6 is 23.2 Å². The fourth-order valence-corrected chi connectivity index (χ4v) is 7.17. The maximum atomic E-state index is 13.8. The summed E-state index contributed by atoms with van der Waals surface area (Å²) < 4.78 is 7.57. The van der Waals surface area contributed by atoms with Crippen molar-refractivity contribution in [1.82, 2.24) is 20.2 Å². The van der Waals surface area contributed by atoms with Gasteiger partial charge >= 0.3 is 0 Å². The quantitative estimate of drug-likeness (QED) is 0.318. The monoisotopic (exact) mass is 639 g/mol. The summed E-state index contributed by atoms with van der Waals surface area (Å²) in [7, 11) is 1.99. The van der Waals surface area contributed by atoms with E-state index in [2.05, 4.69) is 33.1 Å². The molecule has 2 aliphatic heterocycles. The molecule has 0 radical (unpaired) electrons. The molecule has 1 aliphatic carbocycles. The lowest BCUT2D eigenvalue weighted by Crippen LogP contribution is -2.66. The van der Waals surface area contributed by atoms with Crippen LogP contribution < -0.4 is 15.5 Å². The van der Waals surface area contributed by atoms with Gasteiger partial charge in [-0.3, -0.25) is 9.59 Å². The fourth-order valence-electron chi connectivity index (χ4n) is 6.60. The molecule has 2 aromatic carbocycles. The van der Waals surface area contributed by atoms with Crippen LogP contribution in [-0.4, -0.2) is 53.7 Å². The third kappa shape index (κ3) is 6.05. The van der Waals surface area contributed by atoms with Crippen molar-refractivity contribution in [3.05, 3.63) is 56.8 Å². The van der Waals surface area contributed by atoms with Gasteiger partial charge in [0.25, 0.3) is 5.91 Å². The Bertz CT molecular complexity index is 1590. The third-order valence-electron chi connectivity index (χ3n) is 9.62. The molecule has 1 aromatic heterocycles. The first-order valence-electron chi connectivity index (χ1n) is 15.7. The van der Waals surface area contributed by atoms with Crippen LogP contribution in [0.3, 0.4) is 0 Å². The van der Waals surface area contributed by atoms with Crippen LogP contribution in [-0.2, 0) is 29.5 Å². The second-order valence-corrected chi connectivity index (χ2v) is 15.1. The van der Waals surface area contributed by atoms with E-state index in [9.17, 15) is 9.59 Å². The third-order valence-corrected chi connectivity index (χ3v) is 10.4. The molecule has 0 unspecified atom stereocenters. The first kappa shape index (κ1) is 31.2.